The molecule has 96 valence electrons. The normalized spacial score (nSPS) is 24.4. The van der Waals surface area contributed by atoms with Gasteiger partial charge in [-0.1, -0.05) is 27.2 Å². The minimum Gasteiger partial charge on any atom is -0.295 e. The van der Waals surface area contributed by atoms with Gasteiger partial charge in [-0.25, -0.2) is 0 Å². The van der Waals surface area contributed by atoms with Crippen LogP contribution in [0.25, 0.3) is 0 Å². The lowest BCUT2D eigenvalue weighted by molar-refractivity contribution is -0.151. The van der Waals surface area contributed by atoms with Gasteiger partial charge >= 0.3 is 6.18 Å². The molecule has 1 nitrogen and oxygen atoms in total. The number of rotatable bonds is 3. The molecule has 0 aliphatic carbocycles. The first-order valence-corrected chi connectivity index (χ1v) is 6.06. The van der Waals surface area contributed by atoms with Crippen LogP contribution in [-0.2, 0) is 0 Å². The molecule has 4 heteroatoms. The summed E-state index contributed by atoms with van der Waals surface area (Å²) in [5, 5.41) is 0. The van der Waals surface area contributed by atoms with E-state index in [1.807, 2.05) is 0 Å². The molecule has 0 aromatic rings. The van der Waals surface area contributed by atoms with Crippen molar-refractivity contribution in [1.82, 2.24) is 4.90 Å². The molecule has 0 spiro atoms. The Morgan fingerprint density at radius 3 is 2.12 bits per heavy atom. The van der Waals surface area contributed by atoms with Gasteiger partial charge in [-0.05, 0) is 37.3 Å². The quantitative estimate of drug-likeness (QED) is 0.723. The number of piperidine rings is 1. The molecule has 1 fully saturated rings. The Morgan fingerprint density at radius 2 is 1.75 bits per heavy atom. The predicted molar refractivity (Wildman–Crippen MR) is 59.3 cm³/mol. The molecule has 0 aromatic carbocycles. The van der Waals surface area contributed by atoms with Gasteiger partial charge in [-0.15, -0.1) is 0 Å². The van der Waals surface area contributed by atoms with Crippen LogP contribution in [0.4, 0.5) is 13.2 Å². The summed E-state index contributed by atoms with van der Waals surface area (Å²) in [7, 11) is 0. The third-order valence-electron chi connectivity index (χ3n) is 4.20. The smallest absolute Gasteiger partial charge is 0.295 e. The maximum Gasteiger partial charge on any atom is 0.401 e. The van der Waals surface area contributed by atoms with Gasteiger partial charge in [0.25, 0.3) is 0 Å². The van der Waals surface area contributed by atoms with Gasteiger partial charge in [0.05, 0.1) is 6.54 Å². The van der Waals surface area contributed by atoms with E-state index in [1.54, 1.807) is 0 Å². The van der Waals surface area contributed by atoms with Crippen molar-refractivity contribution in [3.05, 3.63) is 0 Å². The van der Waals surface area contributed by atoms with E-state index in [9.17, 15) is 13.2 Å². The highest BCUT2D eigenvalue weighted by Crippen LogP contribution is 2.40. The summed E-state index contributed by atoms with van der Waals surface area (Å²) in [6, 6.07) is 0. The summed E-state index contributed by atoms with van der Waals surface area (Å²) in [4.78, 5) is 1.53. The van der Waals surface area contributed by atoms with Crippen LogP contribution >= 0.6 is 0 Å². The molecule has 1 saturated heterocycles. The molecule has 1 atom stereocenters. The van der Waals surface area contributed by atoms with E-state index in [1.165, 1.54) is 4.90 Å². The second-order valence-corrected chi connectivity index (χ2v) is 5.35. The van der Waals surface area contributed by atoms with E-state index in [2.05, 4.69) is 20.8 Å². The van der Waals surface area contributed by atoms with Crippen LogP contribution < -0.4 is 0 Å². The number of nitrogens with zero attached hydrogens (tertiary/aromatic N) is 1. The zero-order chi connectivity index (χ0) is 12.4. The molecule has 0 radical (unpaired) electrons. The molecule has 1 aliphatic rings. The summed E-state index contributed by atoms with van der Waals surface area (Å²) in [6.07, 6.45) is -1.17. The van der Waals surface area contributed by atoms with Crippen molar-refractivity contribution in [3.8, 4) is 0 Å². The molecule has 1 unspecified atom stereocenters. The fourth-order valence-corrected chi connectivity index (χ4v) is 2.46. The molecular weight excluding hydrogens is 215 g/mol. The van der Waals surface area contributed by atoms with Crippen molar-refractivity contribution >= 4 is 0 Å². The highest BCUT2D eigenvalue weighted by molar-refractivity contribution is 4.86. The standard InChI is InChI=1S/C12H22F3N/c1-4-10(2)11(3)5-7-16(8-6-11)9-12(13,14)15/h10H,4-9H2,1-3H3. The maximum atomic E-state index is 12.2. The van der Waals surface area contributed by atoms with Crippen LogP contribution in [0.15, 0.2) is 0 Å². The van der Waals surface area contributed by atoms with Crippen LogP contribution in [0, 0.1) is 11.3 Å². The van der Waals surface area contributed by atoms with Crippen LogP contribution in [0.1, 0.15) is 40.0 Å². The largest absolute Gasteiger partial charge is 0.401 e. The molecular formula is C12H22F3N. The third-order valence-corrected chi connectivity index (χ3v) is 4.20. The summed E-state index contributed by atoms with van der Waals surface area (Å²) in [5.74, 6) is 0.598. The van der Waals surface area contributed by atoms with Crippen molar-refractivity contribution in [2.45, 2.75) is 46.2 Å². The molecule has 16 heavy (non-hydrogen) atoms. The Balaban J connectivity index is 2.45. The Morgan fingerprint density at radius 1 is 1.25 bits per heavy atom. The third kappa shape index (κ3) is 3.65. The number of hydrogen-bond acceptors (Lipinski definition) is 1. The van der Waals surface area contributed by atoms with Crippen molar-refractivity contribution in [1.29, 1.82) is 0 Å². The SMILES string of the molecule is CCC(C)C1(C)CCN(CC(F)(F)F)CC1. The van der Waals surface area contributed by atoms with Gasteiger partial charge in [-0.2, -0.15) is 13.2 Å². The fraction of sp³-hybridized carbons (Fsp3) is 1.00. The number of hydrogen-bond donors (Lipinski definition) is 0. The summed E-state index contributed by atoms with van der Waals surface area (Å²) >= 11 is 0. The van der Waals surface area contributed by atoms with Crippen molar-refractivity contribution in [2.24, 2.45) is 11.3 Å². The van der Waals surface area contributed by atoms with E-state index in [0.717, 1.165) is 19.3 Å². The molecule has 0 bridgehead atoms. The summed E-state index contributed by atoms with van der Waals surface area (Å²) < 4.78 is 36.6. The number of likely N-dealkylation sites (tertiary alicyclic amines) is 1. The minimum absolute atomic E-state index is 0.233. The zero-order valence-corrected chi connectivity index (χ0v) is 10.4. The Bertz CT molecular complexity index is 217. The average molecular weight is 237 g/mol. The van der Waals surface area contributed by atoms with Gasteiger partial charge in [0.2, 0.25) is 0 Å². The second kappa shape index (κ2) is 4.94. The van der Waals surface area contributed by atoms with Crippen LogP contribution in [0.2, 0.25) is 0 Å². The van der Waals surface area contributed by atoms with Gasteiger partial charge in [-0.3, -0.25) is 4.90 Å². The monoisotopic (exact) mass is 237 g/mol. The molecule has 0 aromatic heterocycles. The van der Waals surface area contributed by atoms with Crippen molar-refractivity contribution in [2.75, 3.05) is 19.6 Å². The van der Waals surface area contributed by atoms with Crippen LogP contribution in [-0.4, -0.2) is 30.7 Å². The van der Waals surface area contributed by atoms with Gasteiger partial charge in [0.15, 0.2) is 0 Å². The molecule has 1 heterocycles. The maximum absolute atomic E-state index is 12.2. The fourth-order valence-electron chi connectivity index (χ4n) is 2.46. The van der Waals surface area contributed by atoms with Crippen LogP contribution in [0.5, 0.6) is 0 Å². The van der Waals surface area contributed by atoms with Crippen molar-refractivity contribution < 1.29 is 13.2 Å². The van der Waals surface area contributed by atoms with E-state index < -0.39 is 12.7 Å². The van der Waals surface area contributed by atoms with Gasteiger partial charge < -0.3 is 0 Å². The van der Waals surface area contributed by atoms with E-state index in [-0.39, 0.29) is 5.41 Å². The van der Waals surface area contributed by atoms with Gasteiger partial charge in [0, 0.05) is 0 Å². The molecule has 1 rings (SSSR count). The highest BCUT2D eigenvalue weighted by Gasteiger charge is 2.37. The first-order valence-electron chi connectivity index (χ1n) is 6.06. The Kier molecular flexibility index (Phi) is 4.27. The lowest BCUT2D eigenvalue weighted by atomic mass is 9.70. The minimum atomic E-state index is -4.05. The summed E-state index contributed by atoms with van der Waals surface area (Å²) in [5.41, 5.74) is 0.233. The lowest BCUT2D eigenvalue weighted by Gasteiger charge is -2.43. The van der Waals surface area contributed by atoms with E-state index in [4.69, 9.17) is 0 Å². The predicted octanol–water partition coefficient (Wildman–Crippen LogP) is 3.70. The van der Waals surface area contributed by atoms with Gasteiger partial charge in [0.1, 0.15) is 0 Å². The van der Waals surface area contributed by atoms with Crippen molar-refractivity contribution in [3.63, 3.8) is 0 Å². The summed E-state index contributed by atoms with van der Waals surface area (Å²) in [6.45, 7) is 6.99. The lowest BCUT2D eigenvalue weighted by Crippen LogP contribution is -2.45. The second-order valence-electron chi connectivity index (χ2n) is 5.35. The molecule has 0 saturated carbocycles. The topological polar surface area (TPSA) is 3.24 Å². The van der Waals surface area contributed by atoms with E-state index >= 15 is 0 Å². The Hall–Kier alpha value is -0.250. The molecule has 0 N–H and O–H groups in total. The first-order chi connectivity index (χ1) is 7.27. The highest BCUT2D eigenvalue weighted by atomic mass is 19.4. The average Bonchev–Trinajstić information content (AvgIpc) is 2.18. The number of alkyl halides is 3. The Labute approximate surface area is 96.0 Å². The molecule has 1 aliphatic heterocycles. The molecule has 0 amide bonds. The zero-order valence-electron chi connectivity index (χ0n) is 10.4. The van der Waals surface area contributed by atoms with Crippen LogP contribution in [0.3, 0.4) is 0 Å². The first kappa shape index (κ1) is 13.8. The van der Waals surface area contributed by atoms with E-state index in [0.29, 0.717) is 19.0 Å². The number of halogens is 3.